The second-order valence-electron chi connectivity index (χ2n) is 4.87. The Morgan fingerprint density at radius 2 is 1.81 bits per heavy atom. The Balaban J connectivity index is 1.77. The molecule has 1 aromatic rings. The fourth-order valence-electron chi connectivity index (χ4n) is 2.08. The van der Waals surface area contributed by atoms with Crippen molar-refractivity contribution in [1.29, 1.82) is 0 Å². The van der Waals surface area contributed by atoms with E-state index in [4.69, 9.17) is 4.74 Å². The van der Waals surface area contributed by atoms with Crippen LogP contribution in [0.5, 0.6) is 0 Å². The number of hydrogen-bond donors (Lipinski definition) is 0. The highest BCUT2D eigenvalue weighted by Crippen LogP contribution is 2.25. The lowest BCUT2D eigenvalue weighted by Gasteiger charge is -2.25. The van der Waals surface area contributed by atoms with Gasteiger partial charge in [0.25, 0.3) is 0 Å². The van der Waals surface area contributed by atoms with Crippen LogP contribution in [-0.4, -0.2) is 16.1 Å². The first-order valence-electron chi connectivity index (χ1n) is 6.13. The third kappa shape index (κ3) is 3.27. The maximum absolute atomic E-state index is 5.83. The van der Waals surface area contributed by atoms with Gasteiger partial charge in [0.15, 0.2) is 5.82 Å². The second-order valence-corrected chi connectivity index (χ2v) is 4.87. The standard InChI is InChI=1S/C13H20N2O/c1-10-3-5-12(6-4-10)16-9-13-14-7-11(2)8-15-13/h7-8,10,12H,3-6,9H2,1-2H3. The summed E-state index contributed by atoms with van der Waals surface area (Å²) in [5, 5.41) is 0. The zero-order valence-electron chi connectivity index (χ0n) is 10.1. The lowest BCUT2D eigenvalue weighted by Crippen LogP contribution is -2.20. The molecule has 0 amide bonds. The van der Waals surface area contributed by atoms with Gasteiger partial charge in [0.1, 0.15) is 6.61 Å². The highest BCUT2D eigenvalue weighted by molar-refractivity contribution is 5.01. The zero-order valence-corrected chi connectivity index (χ0v) is 10.1. The van der Waals surface area contributed by atoms with Crippen molar-refractivity contribution >= 4 is 0 Å². The summed E-state index contributed by atoms with van der Waals surface area (Å²) >= 11 is 0. The SMILES string of the molecule is Cc1cnc(COC2CCC(C)CC2)nc1. The van der Waals surface area contributed by atoms with Crippen molar-refractivity contribution in [2.45, 2.75) is 52.2 Å². The molecule has 16 heavy (non-hydrogen) atoms. The van der Waals surface area contributed by atoms with E-state index in [-0.39, 0.29) is 0 Å². The maximum Gasteiger partial charge on any atom is 0.153 e. The van der Waals surface area contributed by atoms with Crippen molar-refractivity contribution in [3.63, 3.8) is 0 Å². The summed E-state index contributed by atoms with van der Waals surface area (Å²) < 4.78 is 5.83. The molecule has 1 aliphatic rings. The van der Waals surface area contributed by atoms with Crippen molar-refractivity contribution < 1.29 is 4.74 Å². The third-order valence-corrected chi connectivity index (χ3v) is 3.25. The predicted octanol–water partition coefficient (Wildman–Crippen LogP) is 2.88. The van der Waals surface area contributed by atoms with Crippen LogP contribution in [0.3, 0.4) is 0 Å². The Bertz CT molecular complexity index is 315. The molecule has 2 rings (SSSR count). The Labute approximate surface area is 97.3 Å². The molecule has 3 nitrogen and oxygen atoms in total. The van der Waals surface area contributed by atoms with Gasteiger partial charge in [-0.05, 0) is 44.1 Å². The van der Waals surface area contributed by atoms with Gasteiger partial charge in [-0.2, -0.15) is 0 Å². The summed E-state index contributed by atoms with van der Waals surface area (Å²) in [6.07, 6.45) is 9.06. The number of aryl methyl sites for hydroxylation is 1. The van der Waals surface area contributed by atoms with Crippen LogP contribution in [0.1, 0.15) is 44.0 Å². The predicted molar refractivity (Wildman–Crippen MR) is 63.0 cm³/mol. The Kier molecular flexibility index (Phi) is 3.88. The van der Waals surface area contributed by atoms with E-state index in [1.54, 1.807) is 0 Å². The molecule has 0 spiro atoms. The first kappa shape index (κ1) is 11.5. The van der Waals surface area contributed by atoms with E-state index in [0.29, 0.717) is 12.7 Å². The number of rotatable bonds is 3. The fraction of sp³-hybridized carbons (Fsp3) is 0.692. The normalized spacial score (nSPS) is 25.6. The molecule has 88 valence electrons. The molecule has 0 bridgehead atoms. The van der Waals surface area contributed by atoms with Gasteiger partial charge in [0.05, 0.1) is 6.10 Å². The summed E-state index contributed by atoms with van der Waals surface area (Å²) in [4.78, 5) is 8.48. The first-order chi connectivity index (χ1) is 7.74. The van der Waals surface area contributed by atoms with E-state index in [2.05, 4.69) is 16.9 Å². The molecule has 0 aliphatic heterocycles. The highest BCUT2D eigenvalue weighted by atomic mass is 16.5. The van der Waals surface area contributed by atoms with Crippen molar-refractivity contribution in [2.24, 2.45) is 5.92 Å². The van der Waals surface area contributed by atoms with Crippen molar-refractivity contribution in [3.8, 4) is 0 Å². The minimum atomic E-state index is 0.418. The Morgan fingerprint density at radius 1 is 1.19 bits per heavy atom. The molecule has 3 heteroatoms. The zero-order chi connectivity index (χ0) is 11.4. The molecule has 0 radical (unpaired) electrons. The van der Waals surface area contributed by atoms with E-state index in [9.17, 15) is 0 Å². The first-order valence-corrected chi connectivity index (χ1v) is 6.13. The van der Waals surface area contributed by atoms with Gasteiger partial charge in [-0.15, -0.1) is 0 Å². The molecule has 0 unspecified atom stereocenters. The highest BCUT2D eigenvalue weighted by Gasteiger charge is 2.18. The van der Waals surface area contributed by atoms with Gasteiger partial charge in [0, 0.05) is 12.4 Å². The van der Waals surface area contributed by atoms with Crippen molar-refractivity contribution in [3.05, 3.63) is 23.8 Å². The summed E-state index contributed by atoms with van der Waals surface area (Å²) in [7, 11) is 0. The Hall–Kier alpha value is -0.960. The summed E-state index contributed by atoms with van der Waals surface area (Å²) in [5.41, 5.74) is 1.09. The molecule has 1 saturated carbocycles. The molecule has 1 aromatic heterocycles. The summed E-state index contributed by atoms with van der Waals surface area (Å²) in [5.74, 6) is 1.67. The topological polar surface area (TPSA) is 35.0 Å². The molecule has 0 saturated heterocycles. The monoisotopic (exact) mass is 220 g/mol. The van der Waals surface area contributed by atoms with Crippen LogP contribution >= 0.6 is 0 Å². The van der Waals surface area contributed by atoms with Crippen LogP contribution in [0.15, 0.2) is 12.4 Å². The lowest BCUT2D eigenvalue weighted by atomic mass is 9.89. The molecule has 0 atom stereocenters. The van der Waals surface area contributed by atoms with Crippen LogP contribution in [0, 0.1) is 12.8 Å². The minimum Gasteiger partial charge on any atom is -0.370 e. The van der Waals surface area contributed by atoms with E-state index < -0.39 is 0 Å². The smallest absolute Gasteiger partial charge is 0.153 e. The van der Waals surface area contributed by atoms with Gasteiger partial charge in [-0.25, -0.2) is 9.97 Å². The van der Waals surface area contributed by atoms with E-state index in [0.717, 1.165) is 17.3 Å². The average molecular weight is 220 g/mol. The van der Waals surface area contributed by atoms with Crippen LogP contribution in [0.25, 0.3) is 0 Å². The molecule has 0 aromatic carbocycles. The molecular formula is C13H20N2O. The van der Waals surface area contributed by atoms with Crippen molar-refractivity contribution in [1.82, 2.24) is 9.97 Å². The third-order valence-electron chi connectivity index (χ3n) is 3.25. The number of hydrogen-bond acceptors (Lipinski definition) is 3. The summed E-state index contributed by atoms with van der Waals surface area (Å²) in [6, 6.07) is 0. The van der Waals surface area contributed by atoms with E-state index >= 15 is 0 Å². The molecule has 1 heterocycles. The molecular weight excluding hydrogens is 200 g/mol. The van der Waals surface area contributed by atoms with Gasteiger partial charge >= 0.3 is 0 Å². The molecule has 1 fully saturated rings. The molecule has 1 aliphatic carbocycles. The van der Waals surface area contributed by atoms with Gasteiger partial charge in [0.2, 0.25) is 0 Å². The fourth-order valence-corrected chi connectivity index (χ4v) is 2.08. The van der Waals surface area contributed by atoms with Crippen LogP contribution in [0.2, 0.25) is 0 Å². The van der Waals surface area contributed by atoms with Gasteiger partial charge in [-0.3, -0.25) is 0 Å². The van der Waals surface area contributed by atoms with E-state index in [1.165, 1.54) is 25.7 Å². The quantitative estimate of drug-likeness (QED) is 0.785. The van der Waals surface area contributed by atoms with Gasteiger partial charge in [-0.1, -0.05) is 6.92 Å². The van der Waals surface area contributed by atoms with E-state index in [1.807, 2.05) is 19.3 Å². The maximum atomic E-state index is 5.83. The number of aromatic nitrogens is 2. The second kappa shape index (κ2) is 5.39. The Morgan fingerprint density at radius 3 is 2.44 bits per heavy atom. The lowest BCUT2D eigenvalue weighted by molar-refractivity contribution is 0.00563. The van der Waals surface area contributed by atoms with Crippen LogP contribution in [0.4, 0.5) is 0 Å². The largest absolute Gasteiger partial charge is 0.370 e. The molecule has 0 N–H and O–H groups in total. The minimum absolute atomic E-state index is 0.418. The van der Waals surface area contributed by atoms with Crippen molar-refractivity contribution in [2.75, 3.05) is 0 Å². The number of nitrogens with zero attached hydrogens (tertiary/aromatic N) is 2. The van der Waals surface area contributed by atoms with Crippen LogP contribution < -0.4 is 0 Å². The number of ether oxygens (including phenoxy) is 1. The average Bonchev–Trinajstić information content (AvgIpc) is 2.30. The van der Waals surface area contributed by atoms with Crippen LogP contribution in [-0.2, 0) is 11.3 Å². The summed E-state index contributed by atoms with van der Waals surface area (Å²) in [6.45, 7) is 4.87. The van der Waals surface area contributed by atoms with Gasteiger partial charge < -0.3 is 4.74 Å².